The summed E-state index contributed by atoms with van der Waals surface area (Å²) in [5.74, 6) is 0. The van der Waals surface area contributed by atoms with E-state index in [1.165, 1.54) is 41.1 Å². The number of hydrogen-bond donors (Lipinski definition) is 1. The first kappa shape index (κ1) is 16.1. The number of unbranched alkanes of at least 4 members (excludes halogenated alkanes) is 2. The minimum Gasteiger partial charge on any atom is -0.355 e. The van der Waals surface area contributed by atoms with Crippen molar-refractivity contribution < 1.29 is 0 Å². The van der Waals surface area contributed by atoms with Crippen LogP contribution in [0.5, 0.6) is 0 Å². The number of nitrogens with one attached hydrogen (secondary N) is 1. The second-order valence-electron chi connectivity index (χ2n) is 5.79. The summed E-state index contributed by atoms with van der Waals surface area (Å²) < 4.78 is 0. The summed E-state index contributed by atoms with van der Waals surface area (Å²) >= 11 is 0. The fourth-order valence-electron chi connectivity index (χ4n) is 2.75. The molecule has 0 aliphatic heterocycles. The van der Waals surface area contributed by atoms with E-state index < -0.39 is 0 Å². The number of aryl methyl sites for hydroxylation is 1. The standard InChI is InChI=1S/C12H9N.C8H13N3/c1-3-7-11-9(5-1)10-6-2-4-8-12(10)13-11;1-2-3-4-5-8-6-7-9-11-10-8/h1-8,13H;6-7H,2-5H2,1H3. The first-order valence-electron chi connectivity index (χ1n) is 8.47. The molecular weight excluding hydrogens is 296 g/mol. The van der Waals surface area contributed by atoms with Gasteiger partial charge in [-0.2, -0.15) is 0 Å². The van der Waals surface area contributed by atoms with Crippen molar-refractivity contribution in [2.45, 2.75) is 32.6 Å². The summed E-state index contributed by atoms with van der Waals surface area (Å²) in [7, 11) is 0. The molecule has 4 rings (SSSR count). The molecule has 2 heterocycles. The van der Waals surface area contributed by atoms with Crippen LogP contribution < -0.4 is 0 Å². The van der Waals surface area contributed by atoms with E-state index in [0.717, 1.165) is 12.1 Å². The number of H-pyrrole nitrogens is 1. The van der Waals surface area contributed by atoms with Gasteiger partial charge in [0.1, 0.15) is 0 Å². The number of aromatic amines is 1. The Morgan fingerprint density at radius 3 is 2.08 bits per heavy atom. The first-order chi connectivity index (χ1) is 11.9. The van der Waals surface area contributed by atoms with Gasteiger partial charge in [0.25, 0.3) is 0 Å². The fraction of sp³-hybridized carbons (Fsp3) is 0.250. The number of hydrogen-bond acceptors (Lipinski definition) is 3. The monoisotopic (exact) mass is 318 g/mol. The van der Waals surface area contributed by atoms with Gasteiger partial charge in [-0.05, 0) is 36.3 Å². The third-order valence-corrected chi connectivity index (χ3v) is 4.01. The van der Waals surface area contributed by atoms with E-state index in [0.29, 0.717) is 0 Å². The number of para-hydroxylation sites is 2. The Bertz CT molecular complexity index is 833. The van der Waals surface area contributed by atoms with Crippen LogP contribution in [0.2, 0.25) is 0 Å². The highest BCUT2D eigenvalue weighted by molar-refractivity contribution is 6.06. The van der Waals surface area contributed by atoms with Crippen LogP contribution in [-0.2, 0) is 6.42 Å². The molecule has 1 N–H and O–H groups in total. The molecule has 0 saturated heterocycles. The van der Waals surface area contributed by atoms with Gasteiger partial charge in [0, 0.05) is 21.8 Å². The molecule has 0 amide bonds. The molecule has 0 aliphatic carbocycles. The molecule has 24 heavy (non-hydrogen) atoms. The van der Waals surface area contributed by atoms with Gasteiger partial charge >= 0.3 is 0 Å². The van der Waals surface area contributed by atoms with Gasteiger partial charge in [0.05, 0.1) is 11.9 Å². The molecule has 0 spiro atoms. The zero-order valence-electron chi connectivity index (χ0n) is 13.9. The molecule has 0 atom stereocenters. The number of aromatic nitrogens is 4. The van der Waals surface area contributed by atoms with Gasteiger partial charge in [-0.1, -0.05) is 56.2 Å². The molecule has 4 aromatic rings. The van der Waals surface area contributed by atoms with Crippen LogP contribution in [0.3, 0.4) is 0 Å². The van der Waals surface area contributed by atoms with E-state index in [1.807, 2.05) is 6.07 Å². The van der Waals surface area contributed by atoms with E-state index in [1.54, 1.807) is 6.20 Å². The molecule has 0 bridgehead atoms. The smallest absolute Gasteiger partial charge is 0.0664 e. The van der Waals surface area contributed by atoms with Crippen molar-refractivity contribution in [2.75, 3.05) is 0 Å². The third-order valence-electron chi connectivity index (χ3n) is 4.01. The lowest BCUT2D eigenvalue weighted by molar-refractivity contribution is 0.688. The Balaban J connectivity index is 0.000000144. The van der Waals surface area contributed by atoms with Crippen LogP contribution in [0.15, 0.2) is 60.8 Å². The van der Waals surface area contributed by atoms with Crippen LogP contribution in [-0.4, -0.2) is 20.4 Å². The quantitative estimate of drug-likeness (QED) is 0.543. The molecule has 2 aromatic heterocycles. The maximum absolute atomic E-state index is 3.89. The van der Waals surface area contributed by atoms with Crippen molar-refractivity contribution >= 4 is 21.8 Å². The summed E-state index contributed by atoms with van der Waals surface area (Å²) in [5.41, 5.74) is 3.47. The average molecular weight is 318 g/mol. The van der Waals surface area contributed by atoms with Gasteiger partial charge in [-0.3, -0.25) is 0 Å². The Labute approximate surface area is 141 Å². The molecule has 0 radical (unpaired) electrons. The maximum Gasteiger partial charge on any atom is 0.0664 e. The van der Waals surface area contributed by atoms with Crippen molar-refractivity contribution in [3.63, 3.8) is 0 Å². The van der Waals surface area contributed by atoms with Gasteiger partial charge in [-0.15, -0.1) is 10.2 Å². The van der Waals surface area contributed by atoms with E-state index in [4.69, 9.17) is 0 Å². The van der Waals surface area contributed by atoms with Crippen LogP contribution in [0.4, 0.5) is 0 Å². The minimum atomic E-state index is 1.03. The largest absolute Gasteiger partial charge is 0.355 e. The number of benzene rings is 2. The highest BCUT2D eigenvalue weighted by Crippen LogP contribution is 2.24. The topological polar surface area (TPSA) is 54.5 Å². The summed E-state index contributed by atoms with van der Waals surface area (Å²) in [5, 5.41) is 13.7. The number of fused-ring (bicyclic) bond motifs is 3. The van der Waals surface area contributed by atoms with Crippen LogP contribution >= 0.6 is 0 Å². The maximum atomic E-state index is 3.89. The second kappa shape index (κ2) is 8.20. The zero-order chi connectivity index (χ0) is 16.6. The molecule has 0 fully saturated rings. The Morgan fingerprint density at radius 2 is 1.50 bits per heavy atom. The van der Waals surface area contributed by atoms with Gasteiger partial charge in [-0.25, -0.2) is 0 Å². The molecule has 0 aliphatic rings. The predicted octanol–water partition coefficient (Wildman–Crippen LogP) is 4.93. The normalized spacial score (nSPS) is 10.5. The van der Waals surface area contributed by atoms with E-state index >= 15 is 0 Å². The van der Waals surface area contributed by atoms with Crippen molar-refractivity contribution in [2.24, 2.45) is 0 Å². The molecule has 0 unspecified atom stereocenters. The van der Waals surface area contributed by atoms with Gasteiger partial charge < -0.3 is 4.98 Å². The van der Waals surface area contributed by atoms with E-state index in [2.05, 4.69) is 75.8 Å². The minimum absolute atomic E-state index is 1.03. The SMILES string of the molecule is CCCCCc1ccnnn1.c1ccc2c(c1)[nH]c1ccccc12. The van der Waals surface area contributed by atoms with Crippen molar-refractivity contribution in [3.05, 3.63) is 66.5 Å². The first-order valence-corrected chi connectivity index (χ1v) is 8.47. The molecule has 2 aromatic carbocycles. The lowest BCUT2D eigenvalue weighted by Crippen LogP contribution is -1.93. The second-order valence-corrected chi connectivity index (χ2v) is 5.79. The molecule has 4 nitrogen and oxygen atoms in total. The summed E-state index contributed by atoms with van der Waals surface area (Å²) in [6, 6.07) is 18.7. The zero-order valence-corrected chi connectivity index (χ0v) is 13.9. The highest BCUT2D eigenvalue weighted by Gasteiger charge is 2.00. The van der Waals surface area contributed by atoms with Crippen molar-refractivity contribution in [1.82, 2.24) is 20.4 Å². The van der Waals surface area contributed by atoms with Gasteiger partial charge in [0.15, 0.2) is 0 Å². The van der Waals surface area contributed by atoms with E-state index in [9.17, 15) is 0 Å². The van der Waals surface area contributed by atoms with Crippen molar-refractivity contribution in [1.29, 1.82) is 0 Å². The summed E-state index contributed by atoms with van der Waals surface area (Å²) in [6.45, 7) is 2.19. The van der Waals surface area contributed by atoms with Crippen LogP contribution in [0, 0.1) is 0 Å². The third kappa shape index (κ3) is 3.96. The molecule has 4 heteroatoms. The molecular formula is C20H22N4. The Kier molecular flexibility index (Phi) is 5.51. The number of rotatable bonds is 4. The fourth-order valence-corrected chi connectivity index (χ4v) is 2.75. The van der Waals surface area contributed by atoms with Crippen molar-refractivity contribution in [3.8, 4) is 0 Å². The summed E-state index contributed by atoms with van der Waals surface area (Å²) in [6.07, 6.45) is 6.44. The highest BCUT2D eigenvalue weighted by atomic mass is 15.3. The molecule has 0 saturated carbocycles. The summed E-state index contributed by atoms with van der Waals surface area (Å²) in [4.78, 5) is 3.38. The van der Waals surface area contributed by atoms with E-state index in [-0.39, 0.29) is 0 Å². The Morgan fingerprint density at radius 1 is 0.833 bits per heavy atom. The van der Waals surface area contributed by atoms with Gasteiger partial charge in [0.2, 0.25) is 0 Å². The Hall–Kier alpha value is -2.75. The lowest BCUT2D eigenvalue weighted by atomic mass is 10.1. The average Bonchev–Trinajstić information content (AvgIpc) is 3.02. The van der Waals surface area contributed by atoms with Crippen LogP contribution in [0.25, 0.3) is 21.8 Å². The number of nitrogens with zero attached hydrogens (tertiary/aromatic N) is 3. The lowest BCUT2D eigenvalue weighted by Gasteiger charge is -1.95. The van der Waals surface area contributed by atoms with Crippen LogP contribution in [0.1, 0.15) is 31.9 Å². The molecule has 122 valence electrons. The predicted molar refractivity (Wildman–Crippen MR) is 98.9 cm³/mol.